The van der Waals surface area contributed by atoms with Gasteiger partial charge in [-0.15, -0.1) is 13.2 Å². The number of likely N-dealkylation sites (N-methyl/N-ethyl adjacent to an activating group) is 1. The summed E-state index contributed by atoms with van der Waals surface area (Å²) in [6, 6.07) is 16.5. The minimum Gasteiger partial charge on any atom is -0.406 e. The van der Waals surface area contributed by atoms with Crippen molar-refractivity contribution in [2.45, 2.75) is 44.5 Å². The normalized spacial score (nSPS) is 17.6. The van der Waals surface area contributed by atoms with Crippen molar-refractivity contribution < 1.29 is 32.3 Å². The van der Waals surface area contributed by atoms with Gasteiger partial charge in [-0.1, -0.05) is 37.3 Å². The highest BCUT2D eigenvalue weighted by molar-refractivity contribution is 6.12. The molecule has 210 valence electrons. The van der Waals surface area contributed by atoms with E-state index in [4.69, 9.17) is 5.73 Å². The summed E-state index contributed by atoms with van der Waals surface area (Å²) >= 11 is 0. The number of amides is 3. The molecule has 0 unspecified atom stereocenters. The number of halogens is 3. The van der Waals surface area contributed by atoms with Crippen LogP contribution in [-0.2, 0) is 20.8 Å². The van der Waals surface area contributed by atoms with Crippen molar-refractivity contribution in [1.82, 2.24) is 9.88 Å². The summed E-state index contributed by atoms with van der Waals surface area (Å²) in [7, 11) is 1.59. The fourth-order valence-electron chi connectivity index (χ4n) is 4.91. The quantitative estimate of drug-likeness (QED) is 0.384. The Morgan fingerprint density at radius 2 is 1.77 bits per heavy atom. The van der Waals surface area contributed by atoms with E-state index in [1.165, 1.54) is 35.4 Å². The molecule has 0 saturated carbocycles. The van der Waals surface area contributed by atoms with Gasteiger partial charge < -0.3 is 15.4 Å². The Balaban J connectivity index is 1.55. The van der Waals surface area contributed by atoms with Gasteiger partial charge >= 0.3 is 6.36 Å². The number of aromatic nitrogens is 1. The van der Waals surface area contributed by atoms with E-state index in [0.29, 0.717) is 23.2 Å². The Bertz CT molecular complexity index is 1370. The highest BCUT2D eigenvalue weighted by Crippen LogP contribution is 2.36. The smallest absolute Gasteiger partial charge is 0.406 e. The van der Waals surface area contributed by atoms with Crippen LogP contribution in [0.2, 0.25) is 0 Å². The fourth-order valence-corrected chi connectivity index (χ4v) is 4.91. The largest absolute Gasteiger partial charge is 0.573 e. The lowest BCUT2D eigenvalue weighted by Crippen LogP contribution is -2.69. The van der Waals surface area contributed by atoms with Crippen LogP contribution in [0.15, 0.2) is 72.9 Å². The van der Waals surface area contributed by atoms with Crippen molar-refractivity contribution in [2.75, 3.05) is 17.7 Å². The molecule has 2 aromatic carbocycles. The number of para-hydroxylation sites is 1. The predicted molar refractivity (Wildman–Crippen MR) is 142 cm³/mol. The lowest BCUT2D eigenvalue weighted by Gasteiger charge is -2.46. The first-order valence-corrected chi connectivity index (χ1v) is 12.7. The van der Waals surface area contributed by atoms with E-state index in [0.717, 1.165) is 4.90 Å². The molecule has 0 radical (unpaired) electrons. The van der Waals surface area contributed by atoms with Gasteiger partial charge in [-0.05, 0) is 66.3 Å². The van der Waals surface area contributed by atoms with E-state index < -0.39 is 36.0 Å². The maximum absolute atomic E-state index is 13.7. The molecule has 1 aromatic heterocycles. The lowest BCUT2D eigenvalue weighted by atomic mass is 9.80. The maximum atomic E-state index is 13.7. The molecule has 0 spiro atoms. The van der Waals surface area contributed by atoms with Crippen molar-refractivity contribution in [1.29, 1.82) is 0 Å². The number of β-lactam (4-membered cyclic amide) rings is 1. The molecule has 1 saturated heterocycles. The molecular formula is C29H29F3N4O4. The van der Waals surface area contributed by atoms with Crippen LogP contribution in [0.25, 0.3) is 0 Å². The van der Waals surface area contributed by atoms with Gasteiger partial charge in [-0.3, -0.25) is 19.3 Å². The number of hydrogen-bond acceptors (Lipinski definition) is 6. The van der Waals surface area contributed by atoms with Crippen LogP contribution >= 0.6 is 0 Å². The van der Waals surface area contributed by atoms with Gasteiger partial charge in [0.25, 0.3) is 5.91 Å². The number of nitrogens with two attached hydrogens (primary N) is 1. The first-order chi connectivity index (χ1) is 19.0. The molecule has 3 aromatic rings. The van der Waals surface area contributed by atoms with Crippen LogP contribution in [0, 0.1) is 5.92 Å². The molecule has 11 heteroatoms. The van der Waals surface area contributed by atoms with Gasteiger partial charge in [0.1, 0.15) is 17.6 Å². The van der Waals surface area contributed by atoms with Crippen LogP contribution in [0.4, 0.5) is 24.7 Å². The maximum Gasteiger partial charge on any atom is 0.573 e. The molecule has 0 bridgehead atoms. The van der Waals surface area contributed by atoms with Gasteiger partial charge in [0.2, 0.25) is 11.8 Å². The molecular weight excluding hydrogens is 525 g/mol. The zero-order chi connectivity index (χ0) is 29.0. The number of benzene rings is 2. The Morgan fingerprint density at radius 1 is 1.10 bits per heavy atom. The van der Waals surface area contributed by atoms with Gasteiger partial charge in [-0.25, -0.2) is 4.98 Å². The van der Waals surface area contributed by atoms with Crippen molar-refractivity contribution in [2.24, 2.45) is 5.92 Å². The van der Waals surface area contributed by atoms with Crippen molar-refractivity contribution in [3.63, 3.8) is 0 Å². The minimum atomic E-state index is -4.81. The zero-order valence-electron chi connectivity index (χ0n) is 22.0. The number of nitrogen functional groups attached to an aromatic ring is 1. The highest BCUT2D eigenvalue weighted by atomic mass is 19.4. The third-order valence-corrected chi connectivity index (χ3v) is 7.01. The van der Waals surface area contributed by atoms with Gasteiger partial charge in [0.15, 0.2) is 0 Å². The Kier molecular flexibility index (Phi) is 8.41. The third-order valence-electron chi connectivity index (χ3n) is 7.01. The van der Waals surface area contributed by atoms with Crippen molar-refractivity contribution >= 4 is 29.2 Å². The predicted octanol–water partition coefficient (Wildman–Crippen LogP) is 4.71. The SMILES string of the molecule is CC[C@@H](CC(=O)N1C(=O)[C@H](Cc2ccnc(N)c2)[C@H]1C(=O)N(C)c1ccccc1)c1ccc(OC(F)(F)F)cc1. The van der Waals surface area contributed by atoms with Gasteiger partial charge in [0, 0.05) is 25.4 Å². The summed E-state index contributed by atoms with van der Waals surface area (Å²) in [4.78, 5) is 46.9. The molecule has 2 N–H and O–H groups in total. The molecule has 1 fully saturated rings. The van der Waals surface area contributed by atoms with Crippen molar-refractivity contribution in [3.8, 4) is 5.75 Å². The van der Waals surface area contributed by atoms with Crippen LogP contribution in [0.1, 0.15) is 36.8 Å². The molecule has 0 aliphatic carbocycles. The first kappa shape index (κ1) is 28.6. The number of ether oxygens (including phenoxy) is 1. The van der Waals surface area contributed by atoms with E-state index in [2.05, 4.69) is 9.72 Å². The van der Waals surface area contributed by atoms with Crippen LogP contribution in [0.5, 0.6) is 5.75 Å². The second kappa shape index (κ2) is 11.8. The zero-order valence-corrected chi connectivity index (χ0v) is 22.0. The number of rotatable bonds is 9. The van der Waals surface area contributed by atoms with E-state index in [9.17, 15) is 27.6 Å². The van der Waals surface area contributed by atoms with Crippen LogP contribution in [-0.4, -0.2) is 47.1 Å². The second-order valence-electron chi connectivity index (χ2n) is 9.61. The highest BCUT2D eigenvalue weighted by Gasteiger charge is 2.55. The Hall–Kier alpha value is -4.41. The molecule has 3 amide bonds. The fraction of sp³-hybridized carbons (Fsp3) is 0.310. The van der Waals surface area contributed by atoms with E-state index in [1.807, 2.05) is 13.0 Å². The number of hydrogen-bond donors (Lipinski definition) is 1. The molecule has 2 heterocycles. The number of nitrogens with zero attached hydrogens (tertiary/aromatic N) is 3. The van der Waals surface area contributed by atoms with Crippen LogP contribution in [0.3, 0.4) is 0 Å². The van der Waals surface area contributed by atoms with E-state index >= 15 is 0 Å². The summed E-state index contributed by atoms with van der Waals surface area (Å²) in [6.07, 6.45) is -2.72. The summed E-state index contributed by atoms with van der Waals surface area (Å²) in [5.41, 5.74) is 7.73. The van der Waals surface area contributed by atoms with E-state index in [-0.39, 0.29) is 30.3 Å². The standard InChI is InChI=1S/C29H29F3N4O4/c1-3-19(20-9-11-22(12-10-20)40-29(30,31)32)17-25(37)36-26(28(39)35(2)21-7-5-4-6-8-21)23(27(36)38)15-18-13-14-34-24(33)16-18/h4-14,16,19,23,26H,3,15,17H2,1-2H3,(H2,33,34)/t19-,23+,26-/m0/s1. The molecule has 4 rings (SSSR count). The number of imide groups is 1. The number of carbonyl (C=O) groups excluding carboxylic acids is 3. The van der Waals surface area contributed by atoms with Crippen LogP contribution < -0.4 is 15.4 Å². The van der Waals surface area contributed by atoms with Gasteiger partial charge in [0.05, 0.1) is 5.92 Å². The summed E-state index contributed by atoms with van der Waals surface area (Å²) in [5, 5.41) is 0. The molecule has 1 aliphatic rings. The second-order valence-corrected chi connectivity index (χ2v) is 9.61. The monoisotopic (exact) mass is 554 g/mol. The molecule has 3 atom stereocenters. The third kappa shape index (κ3) is 6.41. The van der Waals surface area contributed by atoms with Gasteiger partial charge in [-0.2, -0.15) is 0 Å². The minimum absolute atomic E-state index is 0.102. The Labute approximate surface area is 229 Å². The average molecular weight is 555 g/mol. The van der Waals surface area contributed by atoms with Crippen molar-refractivity contribution in [3.05, 3.63) is 84.1 Å². The summed E-state index contributed by atoms with van der Waals surface area (Å²) < 4.78 is 41.5. The lowest BCUT2D eigenvalue weighted by molar-refractivity contribution is -0.274. The number of anilines is 2. The topological polar surface area (TPSA) is 106 Å². The molecule has 1 aliphatic heterocycles. The van der Waals surface area contributed by atoms with E-state index in [1.54, 1.807) is 43.4 Å². The summed E-state index contributed by atoms with van der Waals surface area (Å²) in [6.45, 7) is 1.83. The number of alkyl halides is 3. The average Bonchev–Trinajstić information content (AvgIpc) is 2.92. The first-order valence-electron chi connectivity index (χ1n) is 12.7. The molecule has 40 heavy (non-hydrogen) atoms. The number of pyridine rings is 1. The number of carbonyl (C=O) groups is 3. The molecule has 8 nitrogen and oxygen atoms in total. The Morgan fingerprint density at radius 3 is 2.38 bits per heavy atom. The summed E-state index contributed by atoms with van der Waals surface area (Å²) in [5.74, 6) is -2.66. The number of likely N-dealkylation sites (tertiary alicyclic amines) is 1.